The van der Waals surface area contributed by atoms with E-state index >= 15 is 0 Å². The molecule has 2 aromatic rings. The van der Waals surface area contributed by atoms with Crippen molar-refractivity contribution in [3.05, 3.63) is 70.4 Å². The molecule has 4 nitrogen and oxygen atoms in total. The highest BCUT2D eigenvalue weighted by Gasteiger charge is 2.12. The summed E-state index contributed by atoms with van der Waals surface area (Å²) in [6.45, 7) is 7.33. The van der Waals surface area contributed by atoms with Gasteiger partial charge in [-0.05, 0) is 18.9 Å². The molecule has 0 aromatic carbocycles. The number of hydrogen-bond donors (Lipinski definition) is 1. The zero-order valence-corrected chi connectivity index (χ0v) is 12.2. The molecule has 0 aliphatic rings. The Balaban J connectivity index is 2.65. The predicted octanol–water partition coefficient (Wildman–Crippen LogP) is 3.35. The van der Waals surface area contributed by atoms with Gasteiger partial charge in [-0.3, -0.25) is 9.36 Å². The minimum Gasteiger partial charge on any atom is -0.507 e. The normalized spacial score (nSPS) is 10.3. The maximum atomic E-state index is 12.5. The molecule has 0 atom stereocenters. The number of halogens is 1. The maximum absolute atomic E-state index is 12.5. The molecule has 2 aromatic heterocycles. The van der Waals surface area contributed by atoms with Crippen LogP contribution in [0.15, 0.2) is 48.6 Å². The molecule has 0 aliphatic heterocycles. The number of hydrogen-bond acceptors (Lipinski definition) is 3. The lowest BCUT2D eigenvalue weighted by Gasteiger charge is -2.12. The van der Waals surface area contributed by atoms with Crippen molar-refractivity contribution in [3.8, 4) is 11.4 Å². The summed E-state index contributed by atoms with van der Waals surface area (Å²) in [6.07, 6.45) is 7.40. The minimum atomic E-state index is -0.290. The molecule has 0 saturated heterocycles. The third kappa shape index (κ3) is 3.06. The van der Waals surface area contributed by atoms with Gasteiger partial charge >= 0.3 is 0 Å². The molecule has 0 saturated carbocycles. The number of aromatic nitrogens is 2. The highest BCUT2D eigenvalue weighted by Crippen LogP contribution is 2.20. The summed E-state index contributed by atoms with van der Waals surface area (Å²) >= 11 is 5.91. The second-order valence-electron chi connectivity index (χ2n) is 4.45. The van der Waals surface area contributed by atoms with Crippen LogP contribution in [0.25, 0.3) is 11.8 Å². The van der Waals surface area contributed by atoms with Gasteiger partial charge in [-0.1, -0.05) is 30.3 Å². The van der Waals surface area contributed by atoms with E-state index in [2.05, 4.69) is 18.1 Å². The maximum Gasteiger partial charge on any atom is 0.262 e. The van der Waals surface area contributed by atoms with Crippen LogP contribution < -0.4 is 5.56 Å². The molecule has 1 N–H and O–H groups in total. The summed E-state index contributed by atoms with van der Waals surface area (Å²) in [5, 5.41) is 10.1. The fraction of sp³-hybridized carbons (Fsp3) is 0.125. The molecule has 0 radical (unpaired) electrons. The van der Waals surface area contributed by atoms with Gasteiger partial charge in [0.05, 0.1) is 11.3 Å². The quantitative estimate of drug-likeness (QED) is 0.680. The smallest absolute Gasteiger partial charge is 0.262 e. The van der Waals surface area contributed by atoms with Gasteiger partial charge in [0.1, 0.15) is 10.9 Å². The van der Waals surface area contributed by atoms with Crippen molar-refractivity contribution in [1.82, 2.24) is 9.55 Å². The van der Waals surface area contributed by atoms with Gasteiger partial charge < -0.3 is 5.11 Å². The van der Waals surface area contributed by atoms with Crippen LogP contribution in [0.2, 0.25) is 5.15 Å². The molecule has 21 heavy (non-hydrogen) atoms. The molecule has 0 fully saturated rings. The molecule has 0 amide bonds. The zero-order chi connectivity index (χ0) is 15.4. The van der Waals surface area contributed by atoms with Crippen LogP contribution in [0.5, 0.6) is 5.75 Å². The Morgan fingerprint density at radius 3 is 2.86 bits per heavy atom. The second kappa shape index (κ2) is 6.41. The summed E-state index contributed by atoms with van der Waals surface area (Å²) in [5.41, 5.74) is 1.32. The molecule has 0 bridgehead atoms. The Bertz CT molecular complexity index is 750. The van der Waals surface area contributed by atoms with Crippen molar-refractivity contribution < 1.29 is 5.11 Å². The predicted molar refractivity (Wildman–Crippen MR) is 85.1 cm³/mol. The van der Waals surface area contributed by atoms with Gasteiger partial charge in [0.2, 0.25) is 0 Å². The number of rotatable bonds is 5. The molecular weight excluding hydrogens is 288 g/mol. The van der Waals surface area contributed by atoms with Gasteiger partial charge in [-0.25, -0.2) is 4.98 Å². The van der Waals surface area contributed by atoms with Crippen molar-refractivity contribution in [2.45, 2.75) is 12.8 Å². The van der Waals surface area contributed by atoms with Crippen molar-refractivity contribution in [1.29, 1.82) is 0 Å². The average molecular weight is 303 g/mol. The number of allylic oxidation sites excluding steroid dienone is 1. The van der Waals surface area contributed by atoms with E-state index in [9.17, 15) is 9.90 Å². The third-order valence-electron chi connectivity index (χ3n) is 3.12. The fourth-order valence-corrected chi connectivity index (χ4v) is 2.19. The Morgan fingerprint density at radius 1 is 1.43 bits per heavy atom. The van der Waals surface area contributed by atoms with E-state index in [4.69, 9.17) is 11.6 Å². The Kier molecular flexibility index (Phi) is 4.60. The zero-order valence-electron chi connectivity index (χ0n) is 11.4. The monoisotopic (exact) mass is 302 g/mol. The summed E-state index contributed by atoms with van der Waals surface area (Å²) in [7, 11) is 0. The SMILES string of the molecule is C=CCCc1c(O)ccn(-c2cc(Cl)ncc2C=C)c1=O. The summed E-state index contributed by atoms with van der Waals surface area (Å²) < 4.78 is 1.43. The molecule has 0 spiro atoms. The van der Waals surface area contributed by atoms with E-state index in [1.807, 2.05) is 0 Å². The lowest BCUT2D eigenvalue weighted by molar-refractivity contribution is 0.464. The molecule has 5 heteroatoms. The topological polar surface area (TPSA) is 55.1 Å². The first-order valence-corrected chi connectivity index (χ1v) is 6.79. The lowest BCUT2D eigenvalue weighted by Crippen LogP contribution is -2.22. The molecular formula is C16H15ClN2O2. The molecule has 2 rings (SSSR count). The second-order valence-corrected chi connectivity index (χ2v) is 4.84. The van der Waals surface area contributed by atoms with Crippen LogP contribution in [0.1, 0.15) is 17.5 Å². The van der Waals surface area contributed by atoms with Crippen molar-refractivity contribution in [2.24, 2.45) is 0 Å². The van der Waals surface area contributed by atoms with Crippen molar-refractivity contribution >= 4 is 17.7 Å². The summed E-state index contributed by atoms with van der Waals surface area (Å²) in [5.74, 6) is -0.0154. The first kappa shape index (κ1) is 15.1. The molecule has 2 heterocycles. The largest absolute Gasteiger partial charge is 0.507 e. The highest BCUT2D eigenvalue weighted by molar-refractivity contribution is 6.29. The highest BCUT2D eigenvalue weighted by atomic mass is 35.5. The van der Waals surface area contributed by atoms with Gasteiger partial charge in [-0.15, -0.1) is 6.58 Å². The number of nitrogens with zero attached hydrogens (tertiary/aromatic N) is 2. The van der Waals surface area contributed by atoms with E-state index in [0.29, 0.717) is 29.7 Å². The first-order valence-electron chi connectivity index (χ1n) is 6.41. The lowest BCUT2D eigenvalue weighted by atomic mass is 10.1. The van der Waals surface area contributed by atoms with Crippen LogP contribution in [0.4, 0.5) is 0 Å². The Hall–Kier alpha value is -2.33. The van der Waals surface area contributed by atoms with Gasteiger partial charge in [0.25, 0.3) is 5.56 Å². The van der Waals surface area contributed by atoms with E-state index < -0.39 is 0 Å². The van der Waals surface area contributed by atoms with Crippen molar-refractivity contribution in [3.63, 3.8) is 0 Å². The van der Waals surface area contributed by atoms with Crippen LogP contribution >= 0.6 is 11.6 Å². The van der Waals surface area contributed by atoms with Gasteiger partial charge in [0.15, 0.2) is 0 Å². The van der Waals surface area contributed by atoms with Gasteiger partial charge in [0, 0.05) is 24.0 Å². The number of pyridine rings is 2. The van der Waals surface area contributed by atoms with Crippen LogP contribution in [-0.2, 0) is 6.42 Å². The van der Waals surface area contributed by atoms with Crippen molar-refractivity contribution in [2.75, 3.05) is 0 Å². The van der Waals surface area contributed by atoms with Crippen LogP contribution in [0.3, 0.4) is 0 Å². The summed E-state index contributed by atoms with van der Waals surface area (Å²) in [6, 6.07) is 3.08. The van der Waals surface area contributed by atoms with E-state index in [1.54, 1.807) is 24.4 Å². The van der Waals surface area contributed by atoms with E-state index in [0.717, 1.165) is 0 Å². The van der Waals surface area contributed by atoms with E-state index in [1.165, 1.54) is 16.8 Å². The fourth-order valence-electron chi connectivity index (χ4n) is 2.04. The Labute approximate surface area is 127 Å². The van der Waals surface area contributed by atoms with E-state index in [-0.39, 0.29) is 16.5 Å². The standard InChI is InChI=1S/C16H15ClN2O2/c1-3-5-6-12-14(20)7-8-19(16(12)21)13-9-15(17)18-10-11(13)4-2/h3-4,7-10,20H,1-2,5-6H2. The Morgan fingerprint density at radius 2 is 2.19 bits per heavy atom. The molecule has 0 aliphatic carbocycles. The average Bonchev–Trinajstić information content (AvgIpc) is 2.47. The number of aromatic hydroxyl groups is 1. The van der Waals surface area contributed by atoms with Gasteiger partial charge in [-0.2, -0.15) is 0 Å². The van der Waals surface area contributed by atoms with Crippen LogP contribution in [0, 0.1) is 0 Å². The molecule has 108 valence electrons. The molecule has 0 unspecified atom stereocenters. The minimum absolute atomic E-state index is 0.0154. The third-order valence-corrected chi connectivity index (χ3v) is 3.33. The van der Waals surface area contributed by atoms with Crippen LogP contribution in [-0.4, -0.2) is 14.7 Å². The first-order chi connectivity index (χ1) is 10.1. The summed E-state index contributed by atoms with van der Waals surface area (Å²) in [4.78, 5) is 16.5.